The molecule has 7 atom stereocenters. The van der Waals surface area contributed by atoms with Gasteiger partial charge in [-0.25, -0.2) is 9.36 Å². The highest BCUT2D eigenvalue weighted by Crippen LogP contribution is 2.50. The molecule has 1 saturated heterocycles. The Labute approximate surface area is 243 Å². The third-order valence-electron chi connectivity index (χ3n) is 6.98. The van der Waals surface area contributed by atoms with Crippen LogP contribution in [0, 0.1) is 0 Å². The van der Waals surface area contributed by atoms with Crippen molar-refractivity contribution in [2.45, 2.75) is 76.7 Å². The normalized spacial score (nSPS) is 25.0. The molecule has 1 fully saturated rings. The number of ether oxygens (including phenoxy) is 2. The molecule has 228 valence electrons. The molecule has 1 aromatic heterocycles. The largest absolute Gasteiger partial charge is 0.465 e. The molecule has 1 unspecified atom stereocenters. The Morgan fingerprint density at radius 3 is 2.67 bits per heavy atom. The van der Waals surface area contributed by atoms with Crippen molar-refractivity contribution in [1.82, 2.24) is 14.6 Å². The Morgan fingerprint density at radius 2 is 1.95 bits per heavy atom. The number of aliphatic hydroxyl groups is 2. The predicted molar refractivity (Wildman–Crippen MR) is 155 cm³/mol. The van der Waals surface area contributed by atoms with E-state index < -0.39 is 55.6 Å². The lowest BCUT2D eigenvalue weighted by molar-refractivity contribution is -0.145. The highest BCUT2D eigenvalue weighted by molar-refractivity contribution is 7.52. The van der Waals surface area contributed by atoms with Gasteiger partial charge in [0.05, 0.1) is 12.7 Å². The smallest absolute Gasteiger partial charge is 0.459 e. The minimum absolute atomic E-state index is 0.0253. The number of hydrogen-bond donors (Lipinski definition) is 4. The molecule has 13 nitrogen and oxygen atoms in total. The van der Waals surface area contributed by atoms with Crippen LogP contribution in [-0.4, -0.2) is 62.3 Å². The van der Waals surface area contributed by atoms with E-state index in [1.54, 1.807) is 24.3 Å². The molecule has 0 spiro atoms. The number of esters is 1. The predicted octanol–water partition coefficient (Wildman–Crippen LogP) is 2.90. The summed E-state index contributed by atoms with van der Waals surface area (Å²) in [6.07, 6.45) is -2.66. The number of nitrogens with zero attached hydrogens (tertiary/aromatic N) is 2. The summed E-state index contributed by atoms with van der Waals surface area (Å²) in [5, 5.41) is 26.3. The van der Waals surface area contributed by atoms with Crippen molar-refractivity contribution in [2.75, 3.05) is 12.3 Å². The number of rotatable bonds is 12. The van der Waals surface area contributed by atoms with Crippen LogP contribution in [0.3, 0.4) is 0 Å². The van der Waals surface area contributed by atoms with Crippen molar-refractivity contribution in [2.24, 2.45) is 0 Å². The molecule has 5 N–H and O–H groups in total. The van der Waals surface area contributed by atoms with Gasteiger partial charge in [0.1, 0.15) is 35.4 Å². The number of fused-ring (bicyclic) bond motifs is 1. The lowest BCUT2D eigenvalue weighted by Gasteiger charge is -2.30. The highest BCUT2D eigenvalue weighted by Gasteiger charge is 2.56. The number of nitrogens with two attached hydrogens (primary N) is 1. The summed E-state index contributed by atoms with van der Waals surface area (Å²) in [7, 11) is -4.40. The molecule has 1 aliphatic heterocycles. The Bertz CT molecular complexity index is 1510. The Hall–Kier alpha value is -3.32. The summed E-state index contributed by atoms with van der Waals surface area (Å²) in [6.45, 7) is 6.37. The number of aliphatic hydroxyl groups excluding tert-OH is 1. The topological polar surface area (TPSA) is 184 Å². The van der Waals surface area contributed by atoms with Gasteiger partial charge in [0.15, 0.2) is 6.23 Å². The van der Waals surface area contributed by atoms with E-state index in [2.05, 4.69) is 10.1 Å². The van der Waals surface area contributed by atoms with Gasteiger partial charge in [-0.1, -0.05) is 49.7 Å². The van der Waals surface area contributed by atoms with Crippen LogP contribution in [0.1, 0.15) is 46.8 Å². The first-order valence-corrected chi connectivity index (χ1v) is 15.2. The lowest BCUT2D eigenvalue weighted by Crippen LogP contribution is -2.47. The van der Waals surface area contributed by atoms with E-state index in [1.807, 2.05) is 25.1 Å². The number of nitrogen functional groups attached to an aromatic ring is 1. The Kier molecular flexibility index (Phi) is 9.71. The van der Waals surface area contributed by atoms with Crippen LogP contribution >= 0.6 is 7.75 Å². The van der Waals surface area contributed by atoms with Gasteiger partial charge in [-0.15, -0.1) is 0 Å². The standard InChI is InChI=1S/C28H37N4O9P/c1-5-6-16-38-25(34)17(2)31-42(37,41-21-13-9-11-19-10-7-8-12-20(19)21)40-18(3)23-24(33)28(4,36)26(39-23)32-15-14-22(29)30-27(32)35/h7-15,17-18,23-24,26,33,36H,5-6,16H2,1-4H3,(H,31,37)(H2,29,30,35)/t17-,18-,23+,24+,26+,28+,42?/m0/s1. The number of carbonyl (C=O) groups is 1. The zero-order valence-electron chi connectivity index (χ0n) is 23.9. The van der Waals surface area contributed by atoms with Gasteiger partial charge in [0.25, 0.3) is 0 Å². The van der Waals surface area contributed by atoms with E-state index in [9.17, 15) is 24.4 Å². The maximum Gasteiger partial charge on any atom is 0.459 e. The second kappa shape index (κ2) is 12.9. The van der Waals surface area contributed by atoms with Crippen molar-refractivity contribution < 1.29 is 38.1 Å². The van der Waals surface area contributed by atoms with Crippen LogP contribution < -0.4 is 21.0 Å². The van der Waals surface area contributed by atoms with E-state index in [0.717, 1.165) is 16.4 Å². The number of hydrogen-bond acceptors (Lipinski definition) is 11. The van der Waals surface area contributed by atoms with Crippen LogP contribution in [0.4, 0.5) is 5.82 Å². The van der Waals surface area contributed by atoms with Crippen LogP contribution in [0.5, 0.6) is 5.75 Å². The van der Waals surface area contributed by atoms with Gasteiger partial charge < -0.3 is 29.9 Å². The fourth-order valence-electron chi connectivity index (χ4n) is 4.65. The van der Waals surface area contributed by atoms with Crippen molar-refractivity contribution in [1.29, 1.82) is 0 Å². The van der Waals surface area contributed by atoms with Gasteiger partial charge in [0, 0.05) is 11.6 Å². The van der Waals surface area contributed by atoms with E-state index in [-0.39, 0.29) is 18.2 Å². The minimum atomic E-state index is -4.40. The Morgan fingerprint density at radius 1 is 1.24 bits per heavy atom. The number of benzene rings is 2. The first-order chi connectivity index (χ1) is 19.9. The molecule has 0 saturated carbocycles. The third-order valence-corrected chi connectivity index (χ3v) is 8.73. The summed E-state index contributed by atoms with van der Waals surface area (Å²) in [4.78, 5) is 28.7. The highest BCUT2D eigenvalue weighted by atomic mass is 31.2. The van der Waals surface area contributed by atoms with Crippen molar-refractivity contribution in [3.05, 3.63) is 65.2 Å². The van der Waals surface area contributed by atoms with E-state index >= 15 is 0 Å². The first-order valence-electron chi connectivity index (χ1n) is 13.7. The van der Waals surface area contributed by atoms with Gasteiger partial charge in [-0.2, -0.15) is 10.1 Å². The quantitative estimate of drug-likeness (QED) is 0.135. The van der Waals surface area contributed by atoms with Crippen molar-refractivity contribution in [3.8, 4) is 5.75 Å². The third kappa shape index (κ3) is 6.83. The summed E-state index contributed by atoms with van der Waals surface area (Å²) in [5.74, 6) is -0.459. The van der Waals surface area contributed by atoms with Crippen LogP contribution in [-0.2, 0) is 23.4 Å². The van der Waals surface area contributed by atoms with Crippen molar-refractivity contribution >= 4 is 30.3 Å². The molecule has 3 aromatic rings. The SMILES string of the molecule is CCCCOC(=O)[C@H](C)NP(=O)(Oc1cccc2ccccc12)O[C@@H](C)[C@H]1O[C@@H](n2ccc(N)nc2=O)[C@](C)(O)[C@@H]1O. The van der Waals surface area contributed by atoms with Gasteiger partial charge in [-0.05, 0) is 44.7 Å². The van der Waals surface area contributed by atoms with Crippen LogP contribution in [0.15, 0.2) is 59.5 Å². The molecule has 14 heteroatoms. The van der Waals surface area contributed by atoms with Crippen molar-refractivity contribution in [3.63, 3.8) is 0 Å². The number of aromatic nitrogens is 2. The van der Waals surface area contributed by atoms with Gasteiger partial charge in [-0.3, -0.25) is 13.9 Å². The fraction of sp³-hybridized carbons (Fsp3) is 0.464. The van der Waals surface area contributed by atoms with E-state index in [4.69, 9.17) is 24.3 Å². The number of carbonyl (C=O) groups excluding carboxylic acids is 1. The molecule has 2 heterocycles. The summed E-state index contributed by atoms with van der Waals surface area (Å²) >= 11 is 0. The zero-order chi connectivity index (χ0) is 30.7. The first kappa shape index (κ1) is 31.6. The summed E-state index contributed by atoms with van der Waals surface area (Å²) < 4.78 is 38.3. The molecule has 0 radical (unpaired) electrons. The Balaban J connectivity index is 1.62. The zero-order valence-corrected chi connectivity index (χ0v) is 24.8. The molecule has 42 heavy (non-hydrogen) atoms. The fourth-order valence-corrected chi connectivity index (χ4v) is 6.36. The molecular weight excluding hydrogens is 567 g/mol. The van der Waals surface area contributed by atoms with E-state index in [1.165, 1.54) is 33.0 Å². The molecule has 0 amide bonds. The second-order valence-corrected chi connectivity index (χ2v) is 12.1. The summed E-state index contributed by atoms with van der Waals surface area (Å²) in [6, 6.07) is 12.7. The van der Waals surface area contributed by atoms with Gasteiger partial charge in [0.2, 0.25) is 0 Å². The number of unbranched alkanes of at least 4 members (excludes halogenated alkanes) is 1. The van der Waals surface area contributed by atoms with Crippen LogP contribution in [0.2, 0.25) is 0 Å². The van der Waals surface area contributed by atoms with Gasteiger partial charge >= 0.3 is 19.4 Å². The monoisotopic (exact) mass is 604 g/mol. The maximum absolute atomic E-state index is 14.3. The molecule has 2 aromatic carbocycles. The molecule has 1 aliphatic rings. The average molecular weight is 605 g/mol. The molecule has 4 rings (SSSR count). The molecule has 0 aliphatic carbocycles. The second-order valence-electron chi connectivity index (χ2n) is 10.4. The minimum Gasteiger partial charge on any atom is -0.465 e. The molecule has 0 bridgehead atoms. The average Bonchev–Trinajstić information content (AvgIpc) is 3.17. The van der Waals surface area contributed by atoms with Crippen LogP contribution in [0.25, 0.3) is 10.8 Å². The lowest BCUT2D eigenvalue weighted by atomic mass is 9.94. The number of anilines is 1. The molecular formula is C28H37N4O9P. The maximum atomic E-state index is 14.3. The summed E-state index contributed by atoms with van der Waals surface area (Å²) in [5.41, 5.74) is 2.80. The number of nitrogens with one attached hydrogen (secondary N) is 1. The van der Waals surface area contributed by atoms with E-state index in [0.29, 0.717) is 11.8 Å².